The second-order valence-electron chi connectivity index (χ2n) is 3.84. The zero-order chi connectivity index (χ0) is 12.3. The van der Waals surface area contributed by atoms with Gasteiger partial charge in [-0.1, -0.05) is 0 Å². The number of nitrogens with zero attached hydrogens (tertiary/aromatic N) is 1. The third-order valence-corrected chi connectivity index (χ3v) is 2.68. The van der Waals surface area contributed by atoms with E-state index in [2.05, 4.69) is 4.98 Å². The van der Waals surface area contributed by atoms with E-state index >= 15 is 0 Å². The number of amides is 1. The molecular weight excluding hydrogens is 224 g/mol. The van der Waals surface area contributed by atoms with Crippen LogP contribution in [0.4, 0.5) is 0 Å². The fourth-order valence-corrected chi connectivity index (χ4v) is 1.77. The number of aliphatic hydroxyl groups excluding tert-OH is 1. The number of aromatic nitrogens is 1. The van der Waals surface area contributed by atoms with Gasteiger partial charge in [0.2, 0.25) is 0 Å². The first-order valence-corrected chi connectivity index (χ1v) is 5.42. The molecule has 6 nitrogen and oxygen atoms in total. The summed E-state index contributed by atoms with van der Waals surface area (Å²) in [5.74, 6) is -0.325. The van der Waals surface area contributed by atoms with E-state index in [1.807, 2.05) is 0 Å². The molecule has 1 amide bonds. The predicted molar refractivity (Wildman–Crippen MR) is 59.8 cm³/mol. The predicted octanol–water partition coefficient (Wildman–Crippen LogP) is -0.792. The lowest BCUT2D eigenvalue weighted by atomic mass is 10.2. The summed E-state index contributed by atoms with van der Waals surface area (Å²) in [5, 5.41) is 8.98. The summed E-state index contributed by atoms with van der Waals surface area (Å²) < 4.78 is 5.24. The zero-order valence-corrected chi connectivity index (χ0v) is 9.26. The van der Waals surface area contributed by atoms with Crippen LogP contribution in [0.2, 0.25) is 0 Å². The van der Waals surface area contributed by atoms with Gasteiger partial charge >= 0.3 is 0 Å². The van der Waals surface area contributed by atoms with E-state index < -0.39 is 5.56 Å². The number of hydrogen-bond acceptors (Lipinski definition) is 4. The first-order valence-electron chi connectivity index (χ1n) is 5.42. The molecule has 0 bridgehead atoms. The highest BCUT2D eigenvalue weighted by Gasteiger charge is 2.25. The van der Waals surface area contributed by atoms with Gasteiger partial charge in [-0.3, -0.25) is 9.59 Å². The van der Waals surface area contributed by atoms with Crippen LogP contribution in [0.15, 0.2) is 23.1 Å². The van der Waals surface area contributed by atoms with Crippen molar-refractivity contribution in [3.05, 3.63) is 34.2 Å². The molecule has 0 saturated carbocycles. The van der Waals surface area contributed by atoms with Crippen LogP contribution in [0.5, 0.6) is 0 Å². The monoisotopic (exact) mass is 238 g/mol. The van der Waals surface area contributed by atoms with Crippen molar-refractivity contribution in [2.24, 2.45) is 0 Å². The van der Waals surface area contributed by atoms with Gasteiger partial charge in [-0.2, -0.15) is 0 Å². The summed E-state index contributed by atoms with van der Waals surface area (Å²) in [5.41, 5.74) is -0.282. The van der Waals surface area contributed by atoms with Gasteiger partial charge < -0.3 is 19.7 Å². The number of rotatable bonds is 2. The molecule has 92 valence electrons. The van der Waals surface area contributed by atoms with Crippen molar-refractivity contribution in [3.63, 3.8) is 0 Å². The van der Waals surface area contributed by atoms with Crippen molar-refractivity contribution in [2.75, 3.05) is 26.3 Å². The largest absolute Gasteiger partial charge is 0.394 e. The molecule has 2 rings (SSSR count). The maximum atomic E-state index is 12.1. The van der Waals surface area contributed by atoms with E-state index in [1.165, 1.54) is 17.2 Å². The van der Waals surface area contributed by atoms with Crippen molar-refractivity contribution in [1.82, 2.24) is 9.88 Å². The van der Waals surface area contributed by atoms with E-state index in [-0.39, 0.29) is 24.2 Å². The van der Waals surface area contributed by atoms with Crippen LogP contribution in [0, 0.1) is 0 Å². The molecule has 1 unspecified atom stereocenters. The van der Waals surface area contributed by atoms with Crippen LogP contribution in [-0.4, -0.2) is 53.3 Å². The standard InChI is InChI=1S/C11H14N2O4/c14-7-8-6-13(4-5-17-8)11(16)9-2-1-3-12-10(9)15/h1-3,8,14H,4-7H2,(H,12,15). The van der Waals surface area contributed by atoms with Crippen LogP contribution in [0.1, 0.15) is 10.4 Å². The van der Waals surface area contributed by atoms with Crippen molar-refractivity contribution < 1.29 is 14.6 Å². The normalized spacial score (nSPS) is 20.3. The Morgan fingerprint density at radius 3 is 3.18 bits per heavy atom. The van der Waals surface area contributed by atoms with E-state index in [0.29, 0.717) is 19.7 Å². The Labute approximate surface area is 97.8 Å². The second kappa shape index (κ2) is 5.11. The van der Waals surface area contributed by atoms with Crippen molar-refractivity contribution >= 4 is 5.91 Å². The van der Waals surface area contributed by atoms with Gasteiger partial charge in [0.25, 0.3) is 11.5 Å². The minimum Gasteiger partial charge on any atom is -0.394 e. The average molecular weight is 238 g/mol. The van der Waals surface area contributed by atoms with Crippen LogP contribution < -0.4 is 5.56 Å². The SMILES string of the molecule is O=C(c1ccc[nH]c1=O)N1CCOC(CO)C1. The molecule has 0 radical (unpaired) electrons. The molecule has 1 aromatic rings. The molecule has 6 heteroatoms. The van der Waals surface area contributed by atoms with Crippen LogP contribution >= 0.6 is 0 Å². The number of carbonyl (C=O) groups is 1. The van der Waals surface area contributed by atoms with Gasteiger partial charge in [0.1, 0.15) is 5.56 Å². The fraction of sp³-hybridized carbons (Fsp3) is 0.455. The summed E-state index contributed by atoms with van der Waals surface area (Å²) in [4.78, 5) is 27.5. The van der Waals surface area contributed by atoms with Crippen LogP contribution in [0.3, 0.4) is 0 Å². The Bertz CT molecular complexity index is 457. The molecule has 1 aromatic heterocycles. The summed E-state index contributed by atoms with van der Waals surface area (Å²) >= 11 is 0. The quantitative estimate of drug-likeness (QED) is 0.707. The van der Waals surface area contributed by atoms with Crippen molar-refractivity contribution in [3.8, 4) is 0 Å². The number of carbonyl (C=O) groups excluding carboxylic acids is 1. The summed E-state index contributed by atoms with van der Waals surface area (Å²) in [6, 6.07) is 3.10. The number of ether oxygens (including phenoxy) is 1. The minimum absolute atomic E-state index is 0.117. The average Bonchev–Trinajstić information content (AvgIpc) is 2.38. The Balaban J connectivity index is 2.15. The zero-order valence-electron chi connectivity index (χ0n) is 9.26. The Morgan fingerprint density at radius 2 is 2.47 bits per heavy atom. The maximum absolute atomic E-state index is 12.1. The number of hydrogen-bond donors (Lipinski definition) is 2. The number of H-pyrrole nitrogens is 1. The maximum Gasteiger partial charge on any atom is 0.260 e. The van der Waals surface area contributed by atoms with Crippen LogP contribution in [0.25, 0.3) is 0 Å². The molecule has 1 aliphatic heterocycles. The van der Waals surface area contributed by atoms with E-state index in [0.717, 1.165) is 0 Å². The minimum atomic E-state index is -0.399. The lowest BCUT2D eigenvalue weighted by Gasteiger charge is -2.31. The first-order chi connectivity index (χ1) is 8.22. The van der Waals surface area contributed by atoms with E-state index in [1.54, 1.807) is 6.07 Å². The highest BCUT2D eigenvalue weighted by molar-refractivity contribution is 5.93. The molecule has 2 N–H and O–H groups in total. The summed E-state index contributed by atoms with van der Waals surface area (Å²) in [6.07, 6.45) is 1.12. The second-order valence-corrected chi connectivity index (χ2v) is 3.84. The number of morpholine rings is 1. The lowest BCUT2D eigenvalue weighted by molar-refractivity contribution is -0.0447. The van der Waals surface area contributed by atoms with Gasteiger partial charge in [0, 0.05) is 19.3 Å². The number of aromatic amines is 1. The van der Waals surface area contributed by atoms with Crippen molar-refractivity contribution in [2.45, 2.75) is 6.10 Å². The number of nitrogens with one attached hydrogen (secondary N) is 1. The molecule has 0 spiro atoms. The third kappa shape index (κ3) is 2.54. The topological polar surface area (TPSA) is 82.6 Å². The van der Waals surface area contributed by atoms with Gasteiger partial charge in [-0.25, -0.2) is 0 Å². The smallest absolute Gasteiger partial charge is 0.260 e. The summed E-state index contributed by atoms with van der Waals surface area (Å²) in [7, 11) is 0. The lowest BCUT2D eigenvalue weighted by Crippen LogP contribution is -2.47. The number of aliphatic hydroxyl groups is 1. The molecule has 0 aliphatic carbocycles. The van der Waals surface area contributed by atoms with Gasteiger partial charge in [-0.15, -0.1) is 0 Å². The van der Waals surface area contributed by atoms with E-state index in [4.69, 9.17) is 9.84 Å². The molecule has 1 atom stereocenters. The molecular formula is C11H14N2O4. The summed E-state index contributed by atoms with van der Waals surface area (Å²) in [6.45, 7) is 0.990. The van der Waals surface area contributed by atoms with Gasteiger partial charge in [-0.05, 0) is 12.1 Å². The molecule has 1 fully saturated rings. The Kier molecular flexibility index (Phi) is 3.55. The van der Waals surface area contributed by atoms with E-state index in [9.17, 15) is 9.59 Å². The Morgan fingerprint density at radius 1 is 1.65 bits per heavy atom. The molecule has 2 heterocycles. The third-order valence-electron chi connectivity index (χ3n) is 2.68. The van der Waals surface area contributed by atoms with Gasteiger partial charge in [0.15, 0.2) is 0 Å². The highest BCUT2D eigenvalue weighted by atomic mass is 16.5. The molecule has 17 heavy (non-hydrogen) atoms. The Hall–Kier alpha value is -1.66. The molecule has 1 saturated heterocycles. The fourth-order valence-electron chi connectivity index (χ4n) is 1.77. The van der Waals surface area contributed by atoms with Crippen molar-refractivity contribution in [1.29, 1.82) is 0 Å². The first kappa shape index (κ1) is 11.8. The number of pyridine rings is 1. The van der Waals surface area contributed by atoms with Gasteiger partial charge in [0.05, 0.1) is 19.3 Å². The highest BCUT2D eigenvalue weighted by Crippen LogP contribution is 2.07. The van der Waals surface area contributed by atoms with Crippen LogP contribution in [-0.2, 0) is 4.74 Å². The molecule has 0 aromatic carbocycles. The molecule has 1 aliphatic rings.